The van der Waals surface area contributed by atoms with Gasteiger partial charge in [0.25, 0.3) is 5.91 Å². The number of halogens is 3. The Hall–Kier alpha value is -4.00. The zero-order valence-corrected chi connectivity index (χ0v) is 22.5. The molecular formula is C27H26F3N5O4S. The first-order chi connectivity index (χ1) is 18.8. The topological polar surface area (TPSA) is 113 Å². The van der Waals surface area contributed by atoms with E-state index in [0.717, 1.165) is 25.2 Å². The van der Waals surface area contributed by atoms with Crippen molar-refractivity contribution in [3.8, 4) is 0 Å². The molecule has 0 spiro atoms. The van der Waals surface area contributed by atoms with E-state index in [4.69, 9.17) is 0 Å². The molecule has 1 aliphatic carbocycles. The first kappa shape index (κ1) is 27.6. The lowest BCUT2D eigenvalue weighted by molar-refractivity contribution is -0.141. The summed E-state index contributed by atoms with van der Waals surface area (Å²) in [5.74, 6) is -0.195. The number of hydrogen-bond donors (Lipinski definition) is 1. The van der Waals surface area contributed by atoms with Gasteiger partial charge in [-0.05, 0) is 59.9 Å². The number of fused-ring (bicyclic) bond motifs is 1. The van der Waals surface area contributed by atoms with E-state index >= 15 is 0 Å². The van der Waals surface area contributed by atoms with Crippen LogP contribution in [0, 0.1) is 0 Å². The number of rotatable bonds is 7. The van der Waals surface area contributed by atoms with E-state index < -0.39 is 33.7 Å². The van der Waals surface area contributed by atoms with Gasteiger partial charge in [0.05, 0.1) is 16.8 Å². The molecule has 1 saturated carbocycles. The standard InChI is InChI=1S/C27H26F3N5O4S/c1-16(36)34-15-18-11-21(40(2,38)39)7-8-22(18)25(34)26(37)33-19-4-10-24(32-13-19)35(20-5-6-20)14-17-3-9-23(31-12-17)27(28,29)30/h3-4,7-13,20,25H,5-6,14-15H2,1-2H3,(H,33,37)/t25-/m1/s1. The summed E-state index contributed by atoms with van der Waals surface area (Å²) in [6.07, 6.45) is 1.14. The van der Waals surface area contributed by atoms with Crippen LogP contribution in [0.15, 0.2) is 59.8 Å². The molecule has 0 bridgehead atoms. The molecule has 1 aromatic carbocycles. The van der Waals surface area contributed by atoms with E-state index in [-0.39, 0.29) is 23.4 Å². The molecule has 13 heteroatoms. The highest BCUT2D eigenvalue weighted by molar-refractivity contribution is 7.90. The minimum atomic E-state index is -4.50. The Morgan fingerprint density at radius 2 is 1.82 bits per heavy atom. The van der Waals surface area contributed by atoms with Crippen LogP contribution in [0.2, 0.25) is 0 Å². The fourth-order valence-electron chi connectivity index (χ4n) is 4.74. The minimum Gasteiger partial charge on any atom is -0.349 e. The molecule has 3 heterocycles. The Morgan fingerprint density at radius 3 is 2.38 bits per heavy atom. The van der Waals surface area contributed by atoms with Gasteiger partial charge < -0.3 is 15.1 Å². The number of nitrogens with one attached hydrogen (secondary N) is 1. The van der Waals surface area contributed by atoms with Crippen LogP contribution in [0.5, 0.6) is 0 Å². The summed E-state index contributed by atoms with van der Waals surface area (Å²) < 4.78 is 62.5. The Labute approximate surface area is 229 Å². The number of carbonyl (C=O) groups excluding carboxylic acids is 2. The van der Waals surface area contributed by atoms with Crippen molar-refractivity contribution < 1.29 is 31.2 Å². The third-order valence-corrected chi connectivity index (χ3v) is 8.02. The molecule has 210 valence electrons. The Kier molecular flexibility index (Phi) is 7.02. The molecule has 2 aliphatic rings. The van der Waals surface area contributed by atoms with Crippen LogP contribution in [0.1, 0.15) is 48.2 Å². The van der Waals surface area contributed by atoms with E-state index in [1.807, 2.05) is 4.90 Å². The van der Waals surface area contributed by atoms with E-state index in [9.17, 15) is 31.2 Å². The molecule has 9 nitrogen and oxygen atoms in total. The number of alkyl halides is 3. The second kappa shape index (κ2) is 10.2. The quantitative estimate of drug-likeness (QED) is 0.453. The summed E-state index contributed by atoms with van der Waals surface area (Å²) in [5.41, 5.74) is 1.20. The predicted octanol–water partition coefficient (Wildman–Crippen LogP) is 4.11. The molecule has 3 aromatic rings. The molecule has 2 amide bonds. The lowest BCUT2D eigenvalue weighted by Gasteiger charge is -2.25. The average molecular weight is 574 g/mol. The van der Waals surface area contributed by atoms with E-state index in [2.05, 4.69) is 15.3 Å². The van der Waals surface area contributed by atoms with E-state index in [0.29, 0.717) is 34.7 Å². The van der Waals surface area contributed by atoms with E-state index in [1.54, 1.807) is 18.2 Å². The Bertz CT molecular complexity index is 1560. The minimum absolute atomic E-state index is 0.110. The number of carbonyl (C=O) groups is 2. The summed E-state index contributed by atoms with van der Waals surface area (Å²) in [5, 5.41) is 2.79. The van der Waals surface area contributed by atoms with Gasteiger partial charge in [-0.1, -0.05) is 12.1 Å². The third-order valence-electron chi connectivity index (χ3n) is 6.91. The van der Waals surface area contributed by atoms with Gasteiger partial charge in [0.15, 0.2) is 9.84 Å². The predicted molar refractivity (Wildman–Crippen MR) is 140 cm³/mol. The van der Waals surface area contributed by atoms with Crippen LogP contribution in [0.3, 0.4) is 0 Å². The maximum atomic E-state index is 13.3. The zero-order chi connectivity index (χ0) is 28.8. The van der Waals surface area contributed by atoms with Crippen LogP contribution in [0.4, 0.5) is 24.7 Å². The molecule has 40 heavy (non-hydrogen) atoms. The smallest absolute Gasteiger partial charge is 0.349 e. The normalized spacial score (nSPS) is 16.9. The lowest BCUT2D eigenvalue weighted by atomic mass is 10.0. The molecule has 0 unspecified atom stereocenters. The van der Waals surface area contributed by atoms with Crippen LogP contribution < -0.4 is 10.2 Å². The van der Waals surface area contributed by atoms with Crippen molar-refractivity contribution >= 4 is 33.2 Å². The number of nitrogens with zero attached hydrogens (tertiary/aromatic N) is 4. The van der Waals surface area contributed by atoms with Crippen molar-refractivity contribution in [2.24, 2.45) is 0 Å². The number of aromatic nitrogens is 2. The number of benzene rings is 1. The van der Waals surface area contributed by atoms with Crippen molar-refractivity contribution in [1.82, 2.24) is 14.9 Å². The molecule has 0 saturated heterocycles. The third kappa shape index (κ3) is 5.79. The second-order valence-electron chi connectivity index (χ2n) is 9.99. The van der Waals surface area contributed by atoms with Crippen molar-refractivity contribution in [1.29, 1.82) is 0 Å². The summed E-state index contributed by atoms with van der Waals surface area (Å²) in [4.78, 5) is 37.1. The van der Waals surface area contributed by atoms with Crippen LogP contribution in [-0.4, -0.2) is 47.4 Å². The Balaban J connectivity index is 1.32. The summed E-state index contributed by atoms with van der Waals surface area (Å²) in [6, 6.07) is 9.48. The van der Waals surface area contributed by atoms with Gasteiger partial charge in [-0.25, -0.2) is 13.4 Å². The fourth-order valence-corrected chi connectivity index (χ4v) is 5.41. The van der Waals surface area contributed by atoms with Gasteiger partial charge in [0.1, 0.15) is 17.6 Å². The highest BCUT2D eigenvalue weighted by Gasteiger charge is 2.38. The molecule has 1 aliphatic heterocycles. The summed E-state index contributed by atoms with van der Waals surface area (Å²) in [6.45, 7) is 1.79. The average Bonchev–Trinajstić information content (AvgIpc) is 3.65. The molecule has 5 rings (SSSR count). The van der Waals surface area contributed by atoms with Crippen molar-refractivity contribution in [2.75, 3.05) is 16.5 Å². The zero-order valence-electron chi connectivity index (χ0n) is 21.6. The summed E-state index contributed by atoms with van der Waals surface area (Å²) in [7, 11) is -3.45. The number of sulfone groups is 1. The highest BCUT2D eigenvalue weighted by Crippen LogP contribution is 2.37. The number of hydrogen-bond acceptors (Lipinski definition) is 7. The van der Waals surface area contributed by atoms with Gasteiger partial charge in [-0.3, -0.25) is 14.6 Å². The molecule has 2 aromatic heterocycles. The largest absolute Gasteiger partial charge is 0.433 e. The monoisotopic (exact) mass is 573 g/mol. The van der Waals surface area contributed by atoms with Gasteiger partial charge in [-0.15, -0.1) is 0 Å². The first-order valence-corrected chi connectivity index (χ1v) is 14.4. The number of amides is 2. The van der Waals surface area contributed by atoms with Crippen molar-refractivity contribution in [3.63, 3.8) is 0 Å². The maximum absolute atomic E-state index is 13.3. The van der Waals surface area contributed by atoms with Crippen molar-refractivity contribution in [3.05, 3.63) is 77.2 Å². The van der Waals surface area contributed by atoms with Crippen LogP contribution in [0.25, 0.3) is 0 Å². The molecule has 1 N–H and O–H groups in total. The first-order valence-electron chi connectivity index (χ1n) is 12.5. The molecule has 1 fully saturated rings. The Morgan fingerprint density at radius 1 is 1.07 bits per heavy atom. The molecular weight excluding hydrogens is 547 g/mol. The van der Waals surface area contributed by atoms with Gasteiger partial charge in [0, 0.05) is 38.5 Å². The summed E-state index contributed by atoms with van der Waals surface area (Å²) >= 11 is 0. The highest BCUT2D eigenvalue weighted by atomic mass is 32.2. The number of pyridine rings is 2. The maximum Gasteiger partial charge on any atom is 0.433 e. The van der Waals surface area contributed by atoms with Crippen LogP contribution >= 0.6 is 0 Å². The second-order valence-corrected chi connectivity index (χ2v) is 12.0. The SMILES string of the molecule is CC(=O)N1Cc2cc(S(C)(=O)=O)ccc2[C@@H]1C(=O)Nc1ccc(N(Cc2ccc(C(F)(F)F)nc2)C2CC2)nc1. The van der Waals surface area contributed by atoms with E-state index in [1.165, 1.54) is 42.4 Å². The van der Waals surface area contributed by atoms with Gasteiger partial charge in [-0.2, -0.15) is 13.2 Å². The molecule has 1 atom stereocenters. The van der Waals surface area contributed by atoms with Crippen LogP contribution in [-0.2, 0) is 38.7 Å². The lowest BCUT2D eigenvalue weighted by Crippen LogP contribution is -2.35. The fraction of sp³-hybridized carbons (Fsp3) is 0.333. The number of anilines is 2. The van der Waals surface area contributed by atoms with Crippen molar-refractivity contribution in [2.45, 2.75) is 56.0 Å². The molecule has 0 radical (unpaired) electrons. The van der Waals surface area contributed by atoms with Gasteiger partial charge >= 0.3 is 6.18 Å². The van der Waals surface area contributed by atoms with Gasteiger partial charge in [0.2, 0.25) is 5.91 Å².